The summed E-state index contributed by atoms with van der Waals surface area (Å²) in [6.07, 6.45) is 1.59. The van der Waals surface area contributed by atoms with Gasteiger partial charge in [-0.3, -0.25) is 0 Å². The Balaban J connectivity index is 1.66. The molecule has 1 atom stereocenters. The third-order valence-electron chi connectivity index (χ3n) is 4.20. The van der Waals surface area contributed by atoms with Gasteiger partial charge in [-0.2, -0.15) is 14.3 Å². The van der Waals surface area contributed by atoms with E-state index in [0.29, 0.717) is 34.2 Å². The first-order valence-electron chi connectivity index (χ1n) is 7.85. The Hall–Kier alpha value is -2.37. The van der Waals surface area contributed by atoms with Crippen molar-refractivity contribution in [2.75, 3.05) is 23.1 Å². The van der Waals surface area contributed by atoms with Crippen LogP contribution in [0.25, 0.3) is 11.2 Å². The van der Waals surface area contributed by atoms with Crippen LogP contribution in [0, 0.1) is 0 Å². The molecular weight excluding hydrogens is 374 g/mol. The van der Waals surface area contributed by atoms with Gasteiger partial charge >= 0.3 is 0 Å². The molecule has 136 valence electrons. The fourth-order valence-electron chi connectivity index (χ4n) is 2.95. The lowest BCUT2D eigenvalue weighted by atomic mass is 10.3. The van der Waals surface area contributed by atoms with Crippen molar-refractivity contribution in [1.82, 2.24) is 23.8 Å². The summed E-state index contributed by atoms with van der Waals surface area (Å²) in [5.41, 5.74) is 12.5. The summed E-state index contributed by atoms with van der Waals surface area (Å²) in [4.78, 5) is 12.6. The third-order valence-corrected chi connectivity index (χ3v) is 7.36. The van der Waals surface area contributed by atoms with Crippen molar-refractivity contribution in [1.29, 1.82) is 0 Å². The number of sulfonamides is 1. The van der Waals surface area contributed by atoms with Crippen LogP contribution in [0.2, 0.25) is 0 Å². The molecule has 0 radical (unpaired) electrons. The number of nitrogens with zero attached hydrogens (tertiary/aromatic N) is 5. The molecule has 1 aromatic carbocycles. The Kier molecular flexibility index (Phi) is 4.21. The molecule has 0 saturated carbocycles. The van der Waals surface area contributed by atoms with Crippen LogP contribution in [0.15, 0.2) is 41.6 Å². The number of nitrogen functional groups attached to an aromatic ring is 2. The molecule has 0 bridgehead atoms. The maximum atomic E-state index is 13.0. The number of imidazole rings is 1. The zero-order valence-corrected chi connectivity index (χ0v) is 15.3. The van der Waals surface area contributed by atoms with Gasteiger partial charge in [0.2, 0.25) is 16.0 Å². The number of hydrogen-bond donors (Lipinski definition) is 2. The summed E-state index contributed by atoms with van der Waals surface area (Å²) in [6, 6.07) is 8.22. The Morgan fingerprint density at radius 1 is 1.19 bits per heavy atom. The summed E-state index contributed by atoms with van der Waals surface area (Å²) in [6.45, 7) is 0.408. The maximum Gasteiger partial charge on any atom is 0.244 e. The van der Waals surface area contributed by atoms with Gasteiger partial charge in [-0.15, -0.1) is 11.8 Å². The summed E-state index contributed by atoms with van der Waals surface area (Å²) in [5.74, 6) is 1.36. The fourth-order valence-corrected chi connectivity index (χ4v) is 6.18. The number of rotatable bonds is 4. The van der Waals surface area contributed by atoms with Crippen LogP contribution in [0.3, 0.4) is 0 Å². The summed E-state index contributed by atoms with van der Waals surface area (Å²) in [5, 5.41) is 0. The van der Waals surface area contributed by atoms with E-state index < -0.39 is 10.0 Å². The zero-order chi connectivity index (χ0) is 18.3. The van der Waals surface area contributed by atoms with Gasteiger partial charge < -0.3 is 16.0 Å². The first-order valence-corrected chi connectivity index (χ1v) is 10.4. The largest absolute Gasteiger partial charge is 0.382 e. The van der Waals surface area contributed by atoms with Crippen LogP contribution >= 0.6 is 11.8 Å². The average molecular weight is 391 g/mol. The highest BCUT2D eigenvalue weighted by molar-refractivity contribution is 8.00. The van der Waals surface area contributed by atoms with Crippen molar-refractivity contribution < 1.29 is 8.42 Å². The van der Waals surface area contributed by atoms with Crippen molar-refractivity contribution in [2.24, 2.45) is 0 Å². The van der Waals surface area contributed by atoms with Crippen LogP contribution in [0.1, 0.15) is 0 Å². The molecule has 1 aliphatic heterocycles. The van der Waals surface area contributed by atoms with E-state index in [1.54, 1.807) is 53.0 Å². The van der Waals surface area contributed by atoms with Crippen molar-refractivity contribution in [3.05, 3.63) is 36.7 Å². The fraction of sp³-hybridized carbons (Fsp3) is 0.267. The molecule has 1 aliphatic rings. The SMILES string of the molecule is Nc1nc(N)c2ncn(CC3CSCN3S(=O)(=O)c3ccccc3)c2n1. The van der Waals surface area contributed by atoms with E-state index >= 15 is 0 Å². The highest BCUT2D eigenvalue weighted by Crippen LogP contribution is 2.30. The lowest BCUT2D eigenvalue weighted by Gasteiger charge is -2.23. The number of anilines is 2. The van der Waals surface area contributed by atoms with Crippen molar-refractivity contribution in [2.45, 2.75) is 17.5 Å². The van der Waals surface area contributed by atoms with E-state index in [0.717, 1.165) is 0 Å². The van der Waals surface area contributed by atoms with Gasteiger partial charge in [0.15, 0.2) is 11.5 Å². The molecule has 3 aromatic rings. The molecule has 0 aliphatic carbocycles. The highest BCUT2D eigenvalue weighted by atomic mass is 32.2. The Labute approximate surface area is 154 Å². The summed E-state index contributed by atoms with van der Waals surface area (Å²) in [7, 11) is -3.56. The molecule has 9 nitrogen and oxygen atoms in total. The van der Waals surface area contributed by atoms with E-state index in [4.69, 9.17) is 11.5 Å². The number of nitrogens with two attached hydrogens (primary N) is 2. The minimum atomic E-state index is -3.56. The van der Waals surface area contributed by atoms with Gasteiger partial charge in [0.1, 0.15) is 5.52 Å². The predicted molar refractivity (Wildman–Crippen MR) is 101 cm³/mol. The molecule has 1 fully saturated rings. The second-order valence-electron chi connectivity index (χ2n) is 5.90. The van der Waals surface area contributed by atoms with Gasteiger partial charge in [0.25, 0.3) is 0 Å². The van der Waals surface area contributed by atoms with Crippen LogP contribution < -0.4 is 11.5 Å². The normalized spacial score (nSPS) is 18.5. The first kappa shape index (κ1) is 17.1. The molecule has 11 heteroatoms. The smallest absolute Gasteiger partial charge is 0.244 e. The standard InChI is InChI=1S/C15H17N7O2S2/c16-13-12-14(20-15(17)19-13)21(8-18-12)6-10-7-25-9-22(10)26(23,24)11-4-2-1-3-5-11/h1-5,8,10H,6-7,9H2,(H4,16,17,19,20). The van der Waals surface area contributed by atoms with Crippen LogP contribution in [0.4, 0.5) is 11.8 Å². The van der Waals surface area contributed by atoms with Gasteiger partial charge in [-0.05, 0) is 12.1 Å². The lowest BCUT2D eigenvalue weighted by molar-refractivity contribution is 0.365. The zero-order valence-electron chi connectivity index (χ0n) is 13.7. The monoisotopic (exact) mass is 391 g/mol. The molecule has 0 spiro atoms. The Morgan fingerprint density at radius 3 is 2.73 bits per heavy atom. The van der Waals surface area contributed by atoms with E-state index in [1.807, 2.05) is 0 Å². The number of hydrogen-bond acceptors (Lipinski definition) is 8. The number of benzene rings is 1. The lowest BCUT2D eigenvalue weighted by Crippen LogP contribution is -2.39. The molecule has 2 aromatic heterocycles. The quantitative estimate of drug-likeness (QED) is 0.666. The molecule has 0 amide bonds. The van der Waals surface area contributed by atoms with Crippen molar-refractivity contribution >= 4 is 44.7 Å². The summed E-state index contributed by atoms with van der Waals surface area (Å²) >= 11 is 1.58. The van der Waals surface area contributed by atoms with E-state index in [9.17, 15) is 8.42 Å². The molecule has 1 unspecified atom stereocenters. The van der Waals surface area contributed by atoms with Gasteiger partial charge in [0, 0.05) is 12.3 Å². The van der Waals surface area contributed by atoms with Crippen LogP contribution in [-0.4, -0.2) is 49.9 Å². The maximum absolute atomic E-state index is 13.0. The minimum Gasteiger partial charge on any atom is -0.382 e. The minimum absolute atomic E-state index is 0.0614. The predicted octanol–water partition coefficient (Wildman–Crippen LogP) is 0.754. The highest BCUT2D eigenvalue weighted by Gasteiger charge is 2.36. The molecule has 3 heterocycles. The molecule has 4 rings (SSSR count). The molecular formula is C15H17N7O2S2. The van der Waals surface area contributed by atoms with Crippen LogP contribution in [0.5, 0.6) is 0 Å². The number of thioether (sulfide) groups is 1. The number of fused-ring (bicyclic) bond motifs is 1. The Bertz CT molecular complexity index is 1050. The third kappa shape index (κ3) is 2.87. The van der Waals surface area contributed by atoms with E-state index in [-0.39, 0.29) is 17.8 Å². The van der Waals surface area contributed by atoms with Crippen molar-refractivity contribution in [3.8, 4) is 0 Å². The second kappa shape index (κ2) is 6.41. The van der Waals surface area contributed by atoms with Crippen molar-refractivity contribution in [3.63, 3.8) is 0 Å². The Morgan fingerprint density at radius 2 is 1.96 bits per heavy atom. The van der Waals surface area contributed by atoms with Crippen LogP contribution in [-0.2, 0) is 16.6 Å². The molecule has 1 saturated heterocycles. The molecule has 26 heavy (non-hydrogen) atoms. The number of aromatic nitrogens is 4. The van der Waals surface area contributed by atoms with Gasteiger partial charge in [0.05, 0.1) is 23.1 Å². The van der Waals surface area contributed by atoms with E-state index in [2.05, 4.69) is 15.0 Å². The summed E-state index contributed by atoms with van der Waals surface area (Å²) < 4.78 is 29.2. The topological polar surface area (TPSA) is 133 Å². The van der Waals surface area contributed by atoms with E-state index in [1.165, 1.54) is 4.31 Å². The molecule has 4 N–H and O–H groups in total. The average Bonchev–Trinajstić information content (AvgIpc) is 3.24. The van der Waals surface area contributed by atoms with Gasteiger partial charge in [-0.25, -0.2) is 13.4 Å². The van der Waals surface area contributed by atoms with Gasteiger partial charge in [-0.1, -0.05) is 18.2 Å². The second-order valence-corrected chi connectivity index (χ2v) is 8.79. The first-order chi connectivity index (χ1) is 12.5.